The van der Waals surface area contributed by atoms with Crippen LogP contribution in [-0.2, 0) is 9.53 Å². The first-order valence-electron chi connectivity index (χ1n) is 11.7. The largest absolute Gasteiger partial charge is 0.462 e. The number of benzene rings is 3. The number of thioether (sulfide) groups is 1. The molecular weight excluding hydrogens is 472 g/mol. The van der Waals surface area contributed by atoms with Crippen LogP contribution in [-0.4, -0.2) is 39.4 Å². The van der Waals surface area contributed by atoms with E-state index in [4.69, 9.17) is 9.72 Å². The van der Waals surface area contributed by atoms with E-state index in [1.807, 2.05) is 67.6 Å². The molecule has 0 aliphatic rings. The number of amides is 1. The van der Waals surface area contributed by atoms with Gasteiger partial charge in [-0.3, -0.25) is 4.79 Å². The standard InChI is InChI=1S/C28H26N4O3S/c1-2-3-18-35-27(34)22-14-16-23(17-15-22)29-24(33)19-36-28-30-25(20-10-6-4-7-11-20)26(31-32-28)21-12-8-5-9-13-21/h4-17H,2-3,18-19H2,1H3,(H,29,33). The van der Waals surface area contributed by atoms with Crippen LogP contribution in [0.1, 0.15) is 30.1 Å². The van der Waals surface area contributed by atoms with Crippen molar-refractivity contribution in [2.45, 2.75) is 24.9 Å². The number of rotatable bonds is 10. The Balaban J connectivity index is 1.40. The molecule has 1 amide bonds. The third-order valence-corrected chi connectivity index (χ3v) is 6.07. The molecule has 4 rings (SSSR count). The maximum atomic E-state index is 12.5. The maximum Gasteiger partial charge on any atom is 0.338 e. The molecule has 0 saturated carbocycles. The van der Waals surface area contributed by atoms with Crippen molar-refractivity contribution in [2.24, 2.45) is 0 Å². The smallest absolute Gasteiger partial charge is 0.338 e. The molecule has 0 spiro atoms. The fourth-order valence-electron chi connectivity index (χ4n) is 3.37. The second-order valence-electron chi connectivity index (χ2n) is 7.93. The van der Waals surface area contributed by atoms with Crippen LogP contribution in [0.2, 0.25) is 0 Å². The Morgan fingerprint density at radius 2 is 1.47 bits per heavy atom. The molecular formula is C28H26N4O3S. The minimum absolute atomic E-state index is 0.113. The normalized spacial score (nSPS) is 10.6. The molecule has 182 valence electrons. The lowest BCUT2D eigenvalue weighted by molar-refractivity contribution is -0.113. The zero-order valence-corrected chi connectivity index (χ0v) is 20.7. The van der Waals surface area contributed by atoms with E-state index in [2.05, 4.69) is 15.5 Å². The number of carbonyl (C=O) groups is 2. The summed E-state index contributed by atoms with van der Waals surface area (Å²) in [6, 6.07) is 26.2. The molecule has 0 unspecified atom stereocenters. The van der Waals surface area contributed by atoms with Crippen molar-refractivity contribution < 1.29 is 14.3 Å². The molecule has 1 aromatic heterocycles. The predicted octanol–water partition coefficient (Wildman–Crippen LogP) is 5.89. The molecule has 36 heavy (non-hydrogen) atoms. The highest BCUT2D eigenvalue weighted by Gasteiger charge is 2.15. The molecule has 7 nitrogen and oxygen atoms in total. The van der Waals surface area contributed by atoms with Gasteiger partial charge in [0.15, 0.2) is 0 Å². The van der Waals surface area contributed by atoms with Gasteiger partial charge in [-0.2, -0.15) is 0 Å². The highest BCUT2D eigenvalue weighted by atomic mass is 32.2. The third-order valence-electron chi connectivity index (χ3n) is 5.23. The summed E-state index contributed by atoms with van der Waals surface area (Å²) in [5, 5.41) is 11.9. The summed E-state index contributed by atoms with van der Waals surface area (Å²) in [5.74, 6) is -0.466. The molecule has 0 aliphatic heterocycles. The highest BCUT2D eigenvalue weighted by molar-refractivity contribution is 7.99. The second kappa shape index (κ2) is 12.6. The van der Waals surface area contributed by atoms with Crippen LogP contribution in [0.15, 0.2) is 90.1 Å². The van der Waals surface area contributed by atoms with Crippen LogP contribution in [0.25, 0.3) is 22.5 Å². The van der Waals surface area contributed by atoms with E-state index in [0.717, 1.165) is 24.0 Å². The van der Waals surface area contributed by atoms with Crippen LogP contribution >= 0.6 is 11.8 Å². The van der Waals surface area contributed by atoms with Gasteiger partial charge < -0.3 is 10.1 Å². The first kappa shape index (κ1) is 25.1. The van der Waals surface area contributed by atoms with Crippen LogP contribution in [0.3, 0.4) is 0 Å². The fraction of sp³-hybridized carbons (Fsp3) is 0.179. The Morgan fingerprint density at radius 1 is 0.833 bits per heavy atom. The van der Waals surface area contributed by atoms with E-state index < -0.39 is 0 Å². The number of hydrogen-bond acceptors (Lipinski definition) is 7. The third kappa shape index (κ3) is 6.76. The average molecular weight is 499 g/mol. The minimum atomic E-state index is -0.366. The molecule has 1 heterocycles. The van der Waals surface area contributed by atoms with Crippen LogP contribution in [0.4, 0.5) is 5.69 Å². The number of nitrogens with zero attached hydrogens (tertiary/aromatic N) is 3. The summed E-state index contributed by atoms with van der Waals surface area (Å²) in [5.41, 5.74) is 4.28. The summed E-state index contributed by atoms with van der Waals surface area (Å²) in [6.07, 6.45) is 1.79. The molecule has 0 atom stereocenters. The quantitative estimate of drug-likeness (QED) is 0.165. The number of hydrogen-bond donors (Lipinski definition) is 1. The molecule has 0 fully saturated rings. The maximum absolute atomic E-state index is 12.5. The van der Waals surface area contributed by atoms with E-state index >= 15 is 0 Å². The van der Waals surface area contributed by atoms with Crippen molar-refractivity contribution in [1.82, 2.24) is 15.2 Å². The van der Waals surface area contributed by atoms with E-state index in [1.165, 1.54) is 11.8 Å². The Bertz CT molecular complexity index is 1300. The lowest BCUT2D eigenvalue weighted by Crippen LogP contribution is -2.15. The topological polar surface area (TPSA) is 94.1 Å². The number of nitrogens with one attached hydrogen (secondary N) is 1. The molecule has 8 heteroatoms. The summed E-state index contributed by atoms with van der Waals surface area (Å²) in [4.78, 5) is 29.3. The van der Waals surface area contributed by atoms with Crippen molar-refractivity contribution in [1.29, 1.82) is 0 Å². The molecule has 1 N–H and O–H groups in total. The van der Waals surface area contributed by atoms with Gasteiger partial charge in [0.05, 0.1) is 17.9 Å². The van der Waals surface area contributed by atoms with Gasteiger partial charge in [-0.25, -0.2) is 9.78 Å². The number of anilines is 1. The number of esters is 1. The van der Waals surface area contributed by atoms with Crippen LogP contribution in [0, 0.1) is 0 Å². The first-order valence-corrected chi connectivity index (χ1v) is 12.7. The van der Waals surface area contributed by atoms with E-state index in [9.17, 15) is 9.59 Å². The number of aromatic nitrogens is 3. The van der Waals surface area contributed by atoms with Crippen molar-refractivity contribution in [3.05, 3.63) is 90.5 Å². The number of carbonyl (C=O) groups excluding carboxylic acids is 2. The summed E-state index contributed by atoms with van der Waals surface area (Å²) >= 11 is 1.21. The Hall–Kier alpha value is -4.04. The zero-order chi connectivity index (χ0) is 25.2. The Kier molecular flexibility index (Phi) is 8.77. The lowest BCUT2D eigenvalue weighted by atomic mass is 10.0. The number of unbranched alkanes of at least 4 members (excludes halogenated alkanes) is 1. The van der Waals surface area contributed by atoms with Crippen molar-refractivity contribution >= 4 is 29.3 Å². The minimum Gasteiger partial charge on any atom is -0.462 e. The predicted molar refractivity (Wildman–Crippen MR) is 142 cm³/mol. The van der Waals surface area contributed by atoms with Gasteiger partial charge >= 0.3 is 5.97 Å². The van der Waals surface area contributed by atoms with Gasteiger partial charge in [-0.15, -0.1) is 10.2 Å². The zero-order valence-electron chi connectivity index (χ0n) is 19.9. The van der Waals surface area contributed by atoms with Gasteiger partial charge in [0.1, 0.15) is 11.4 Å². The van der Waals surface area contributed by atoms with Crippen molar-refractivity contribution in [3.63, 3.8) is 0 Å². The molecule has 0 aliphatic carbocycles. The average Bonchev–Trinajstić information content (AvgIpc) is 2.93. The Morgan fingerprint density at radius 3 is 2.11 bits per heavy atom. The number of ether oxygens (including phenoxy) is 1. The van der Waals surface area contributed by atoms with E-state index in [1.54, 1.807) is 24.3 Å². The van der Waals surface area contributed by atoms with Crippen molar-refractivity contribution in [2.75, 3.05) is 17.7 Å². The van der Waals surface area contributed by atoms with Gasteiger partial charge in [0.2, 0.25) is 11.1 Å². The lowest BCUT2D eigenvalue weighted by Gasteiger charge is -2.10. The molecule has 4 aromatic rings. The highest BCUT2D eigenvalue weighted by Crippen LogP contribution is 2.29. The van der Waals surface area contributed by atoms with E-state index in [0.29, 0.717) is 34.4 Å². The van der Waals surface area contributed by atoms with E-state index in [-0.39, 0.29) is 17.6 Å². The molecule has 0 saturated heterocycles. The second-order valence-corrected chi connectivity index (χ2v) is 8.87. The monoisotopic (exact) mass is 498 g/mol. The fourth-order valence-corrected chi connectivity index (χ4v) is 3.96. The van der Waals surface area contributed by atoms with Gasteiger partial charge in [0.25, 0.3) is 0 Å². The van der Waals surface area contributed by atoms with Gasteiger partial charge in [-0.05, 0) is 30.7 Å². The van der Waals surface area contributed by atoms with Crippen LogP contribution in [0.5, 0.6) is 0 Å². The molecule has 0 radical (unpaired) electrons. The summed E-state index contributed by atoms with van der Waals surface area (Å²) in [7, 11) is 0. The summed E-state index contributed by atoms with van der Waals surface area (Å²) in [6.45, 7) is 2.44. The van der Waals surface area contributed by atoms with Crippen molar-refractivity contribution in [3.8, 4) is 22.5 Å². The Labute approximate surface area is 214 Å². The van der Waals surface area contributed by atoms with Crippen LogP contribution < -0.4 is 5.32 Å². The first-order chi connectivity index (χ1) is 17.6. The molecule has 3 aromatic carbocycles. The SMILES string of the molecule is CCCCOC(=O)c1ccc(NC(=O)CSc2nnc(-c3ccccc3)c(-c3ccccc3)n2)cc1. The molecule has 0 bridgehead atoms. The van der Waals surface area contributed by atoms with Gasteiger partial charge in [-0.1, -0.05) is 85.8 Å². The summed E-state index contributed by atoms with van der Waals surface area (Å²) < 4.78 is 5.21. The van der Waals surface area contributed by atoms with Gasteiger partial charge in [0, 0.05) is 16.8 Å².